The fourth-order valence-electron chi connectivity index (χ4n) is 11.4. The lowest BCUT2D eigenvalue weighted by molar-refractivity contribution is 0.664. The third kappa shape index (κ3) is 4.70. The quantitative estimate of drug-likeness (QED) is 0.173. The molecule has 0 amide bonds. The molecule has 298 valence electrons. The van der Waals surface area contributed by atoms with Crippen LogP contribution in [-0.2, 0) is 5.41 Å². The first-order valence-electron chi connectivity index (χ1n) is 22.0. The van der Waals surface area contributed by atoms with E-state index in [9.17, 15) is 0 Å². The highest BCUT2D eigenvalue weighted by atomic mass is 16.3. The van der Waals surface area contributed by atoms with Gasteiger partial charge in [-0.1, -0.05) is 182 Å². The fourth-order valence-corrected chi connectivity index (χ4v) is 11.4. The number of furan rings is 2. The number of hydrogen-bond donors (Lipinski definition) is 0. The van der Waals surface area contributed by atoms with Crippen molar-refractivity contribution in [2.24, 2.45) is 0 Å². The molecule has 0 radical (unpaired) electrons. The van der Waals surface area contributed by atoms with Crippen molar-refractivity contribution in [3.05, 3.63) is 247 Å². The smallest absolute Gasteiger partial charge is 0.144 e. The maximum atomic E-state index is 7.14. The molecular formula is C61H37NO2. The molecule has 0 saturated carbocycles. The number of nitrogens with zero attached hydrogens (tertiary/aromatic N) is 1. The molecule has 0 saturated heterocycles. The molecule has 0 aliphatic heterocycles. The summed E-state index contributed by atoms with van der Waals surface area (Å²) >= 11 is 0. The summed E-state index contributed by atoms with van der Waals surface area (Å²) < 4.78 is 13.9. The third-order valence-corrected chi connectivity index (χ3v) is 13.9. The molecule has 2 heterocycles. The fraction of sp³-hybridized carbons (Fsp3) is 0.0164. The van der Waals surface area contributed by atoms with Crippen molar-refractivity contribution in [1.82, 2.24) is 0 Å². The summed E-state index contributed by atoms with van der Waals surface area (Å²) in [7, 11) is 0. The van der Waals surface area contributed by atoms with Gasteiger partial charge < -0.3 is 13.7 Å². The first-order valence-corrected chi connectivity index (χ1v) is 22.0. The van der Waals surface area contributed by atoms with Gasteiger partial charge in [0.05, 0.1) is 22.2 Å². The van der Waals surface area contributed by atoms with Gasteiger partial charge in [0.25, 0.3) is 0 Å². The molecule has 14 rings (SSSR count). The van der Waals surface area contributed by atoms with E-state index in [1.54, 1.807) is 0 Å². The van der Waals surface area contributed by atoms with Crippen molar-refractivity contribution in [3.8, 4) is 44.5 Å². The van der Waals surface area contributed by atoms with Gasteiger partial charge in [-0.05, 0) is 98.1 Å². The second-order valence-electron chi connectivity index (χ2n) is 17.1. The van der Waals surface area contributed by atoms with Crippen LogP contribution in [0.1, 0.15) is 22.3 Å². The Hall–Kier alpha value is -8.40. The topological polar surface area (TPSA) is 29.5 Å². The Morgan fingerprint density at radius 2 is 0.875 bits per heavy atom. The minimum absolute atomic E-state index is 0.494. The van der Waals surface area contributed by atoms with Gasteiger partial charge in [0.15, 0.2) is 0 Å². The Labute approximate surface area is 369 Å². The highest BCUT2D eigenvalue weighted by molar-refractivity contribution is 6.25. The van der Waals surface area contributed by atoms with Crippen LogP contribution < -0.4 is 4.90 Å². The second-order valence-corrected chi connectivity index (χ2v) is 17.1. The SMILES string of the molecule is c1ccc(-c2ccccc2N(c2ccc3c(c2)C2(c4ccccc4-c4ccccc42)c2ccccc2-3)c2cccc3oc4c(-c5ccccc5)c5c(cc4c23)oc2ccccc25)cc1. The van der Waals surface area contributed by atoms with Crippen molar-refractivity contribution in [1.29, 1.82) is 0 Å². The predicted molar refractivity (Wildman–Crippen MR) is 263 cm³/mol. The van der Waals surface area contributed by atoms with E-state index in [4.69, 9.17) is 8.83 Å². The summed E-state index contributed by atoms with van der Waals surface area (Å²) in [5.41, 5.74) is 20.7. The van der Waals surface area contributed by atoms with Crippen LogP contribution in [0.5, 0.6) is 0 Å². The van der Waals surface area contributed by atoms with Crippen molar-refractivity contribution in [2.45, 2.75) is 5.41 Å². The zero-order chi connectivity index (χ0) is 41.9. The van der Waals surface area contributed by atoms with E-state index in [0.717, 1.165) is 83.2 Å². The van der Waals surface area contributed by atoms with Gasteiger partial charge >= 0.3 is 0 Å². The van der Waals surface area contributed by atoms with Crippen LogP contribution in [-0.4, -0.2) is 0 Å². The summed E-state index contributed by atoms with van der Waals surface area (Å²) in [6, 6.07) is 81.4. The summed E-state index contributed by atoms with van der Waals surface area (Å²) in [6.45, 7) is 0. The van der Waals surface area contributed by atoms with E-state index < -0.39 is 5.41 Å². The highest BCUT2D eigenvalue weighted by Gasteiger charge is 2.51. The highest BCUT2D eigenvalue weighted by Crippen LogP contribution is 2.63. The van der Waals surface area contributed by atoms with Gasteiger partial charge in [-0.25, -0.2) is 0 Å². The number of anilines is 3. The third-order valence-electron chi connectivity index (χ3n) is 13.9. The molecule has 0 bridgehead atoms. The number of para-hydroxylation sites is 2. The minimum atomic E-state index is -0.494. The van der Waals surface area contributed by atoms with E-state index in [2.05, 4.69) is 223 Å². The average molecular weight is 816 g/mol. The van der Waals surface area contributed by atoms with Crippen LogP contribution >= 0.6 is 0 Å². The monoisotopic (exact) mass is 815 g/mol. The minimum Gasteiger partial charge on any atom is -0.456 e. The largest absolute Gasteiger partial charge is 0.456 e. The van der Waals surface area contributed by atoms with Gasteiger partial charge in [-0.3, -0.25) is 0 Å². The van der Waals surface area contributed by atoms with Gasteiger partial charge in [0.2, 0.25) is 0 Å². The molecule has 2 aromatic heterocycles. The zero-order valence-electron chi connectivity index (χ0n) is 34.6. The number of benzene rings is 10. The van der Waals surface area contributed by atoms with Crippen molar-refractivity contribution < 1.29 is 8.83 Å². The number of fused-ring (bicyclic) bond motifs is 16. The molecule has 0 atom stereocenters. The van der Waals surface area contributed by atoms with Crippen molar-refractivity contribution >= 4 is 60.9 Å². The van der Waals surface area contributed by atoms with Crippen LogP contribution in [0, 0.1) is 0 Å². The summed E-state index contributed by atoms with van der Waals surface area (Å²) in [5.74, 6) is 0. The molecule has 10 aromatic carbocycles. The predicted octanol–water partition coefficient (Wildman–Crippen LogP) is 16.6. The normalized spacial score (nSPS) is 13.1. The molecule has 2 aliphatic rings. The lowest BCUT2D eigenvalue weighted by Crippen LogP contribution is -2.26. The van der Waals surface area contributed by atoms with E-state index in [1.807, 2.05) is 6.07 Å². The Morgan fingerprint density at radius 1 is 0.328 bits per heavy atom. The molecule has 0 unspecified atom stereocenters. The van der Waals surface area contributed by atoms with E-state index >= 15 is 0 Å². The van der Waals surface area contributed by atoms with Crippen molar-refractivity contribution in [2.75, 3.05) is 4.90 Å². The summed E-state index contributed by atoms with van der Waals surface area (Å²) in [4.78, 5) is 2.47. The van der Waals surface area contributed by atoms with Gasteiger partial charge in [0.1, 0.15) is 22.3 Å². The average Bonchev–Trinajstić information content (AvgIpc) is 4.09. The lowest BCUT2D eigenvalue weighted by atomic mass is 9.70. The maximum Gasteiger partial charge on any atom is 0.144 e. The first-order chi connectivity index (χ1) is 31.8. The number of hydrogen-bond acceptors (Lipinski definition) is 3. The van der Waals surface area contributed by atoms with E-state index in [1.165, 1.54) is 44.5 Å². The lowest BCUT2D eigenvalue weighted by Gasteiger charge is -2.33. The standard InChI is InChI=1S/C61H37NO2/c1-3-18-38(19-4-1)41-22-10-15-30-52(41)62(40-34-35-45-44-25-9-14-29-50(44)61(51(45)36-40)48-27-12-7-23-42(48)43-24-8-13-28-49(43)61)53-31-17-33-55-58(53)47-37-56-59(46-26-11-16-32-54(46)63-56)57(60(47)64-55)39-20-5-2-6-21-39/h1-37H. The molecule has 3 heteroatoms. The molecule has 2 aliphatic carbocycles. The summed E-state index contributed by atoms with van der Waals surface area (Å²) in [6.07, 6.45) is 0. The molecule has 64 heavy (non-hydrogen) atoms. The van der Waals surface area contributed by atoms with Crippen LogP contribution in [0.4, 0.5) is 17.1 Å². The molecule has 0 N–H and O–H groups in total. The second kappa shape index (κ2) is 13.3. The molecule has 12 aromatic rings. The van der Waals surface area contributed by atoms with Gasteiger partial charge in [-0.15, -0.1) is 0 Å². The zero-order valence-corrected chi connectivity index (χ0v) is 34.6. The first kappa shape index (κ1) is 35.2. The maximum absolute atomic E-state index is 7.14. The van der Waals surface area contributed by atoms with Crippen molar-refractivity contribution in [3.63, 3.8) is 0 Å². The van der Waals surface area contributed by atoms with Crippen LogP contribution in [0.3, 0.4) is 0 Å². The van der Waals surface area contributed by atoms with Crippen LogP contribution in [0.25, 0.3) is 88.4 Å². The van der Waals surface area contributed by atoms with Gasteiger partial charge in [0, 0.05) is 33.0 Å². The Kier molecular flexibility index (Phi) is 7.32. The Morgan fingerprint density at radius 3 is 1.58 bits per heavy atom. The summed E-state index contributed by atoms with van der Waals surface area (Å²) in [5, 5.41) is 4.15. The Balaban J connectivity index is 1.10. The van der Waals surface area contributed by atoms with Crippen LogP contribution in [0.15, 0.2) is 233 Å². The van der Waals surface area contributed by atoms with Gasteiger partial charge in [-0.2, -0.15) is 0 Å². The number of rotatable bonds is 5. The van der Waals surface area contributed by atoms with E-state index in [0.29, 0.717) is 0 Å². The molecule has 0 fully saturated rings. The molecule has 3 nitrogen and oxygen atoms in total. The molecular weight excluding hydrogens is 779 g/mol. The molecule has 1 spiro atoms. The Bertz CT molecular complexity index is 3790. The van der Waals surface area contributed by atoms with E-state index in [-0.39, 0.29) is 0 Å². The van der Waals surface area contributed by atoms with Crippen LogP contribution in [0.2, 0.25) is 0 Å².